The predicted molar refractivity (Wildman–Crippen MR) is 73.1 cm³/mol. The van der Waals surface area contributed by atoms with Crippen molar-refractivity contribution in [3.05, 3.63) is 29.8 Å². The molecule has 1 rings (SSSR count). The molecule has 0 saturated heterocycles. The molecule has 4 nitrogen and oxygen atoms in total. The number of amides is 1. The Morgan fingerprint density at radius 2 is 1.94 bits per heavy atom. The molecule has 0 aliphatic carbocycles. The van der Waals surface area contributed by atoms with E-state index in [0.717, 1.165) is 18.7 Å². The topological polar surface area (TPSA) is 41.6 Å². The van der Waals surface area contributed by atoms with Gasteiger partial charge in [0.1, 0.15) is 12.4 Å². The van der Waals surface area contributed by atoms with Gasteiger partial charge in [-0.1, -0.05) is 6.92 Å². The van der Waals surface area contributed by atoms with E-state index in [1.807, 2.05) is 33.2 Å². The average Bonchev–Trinajstić information content (AvgIpc) is 2.36. The minimum atomic E-state index is -0.0308. The van der Waals surface area contributed by atoms with Crippen LogP contribution in [0.15, 0.2) is 24.3 Å². The second-order valence-electron chi connectivity index (χ2n) is 4.43. The van der Waals surface area contributed by atoms with Gasteiger partial charge >= 0.3 is 0 Å². The largest absolute Gasteiger partial charge is 0.492 e. The smallest absolute Gasteiger partial charge is 0.251 e. The highest BCUT2D eigenvalue weighted by molar-refractivity contribution is 5.94. The fraction of sp³-hybridized carbons (Fsp3) is 0.500. The molecule has 1 aromatic carbocycles. The van der Waals surface area contributed by atoms with Gasteiger partial charge in [-0.25, -0.2) is 0 Å². The standard InChI is InChI=1S/C14H22N2O2/c1-4-9-15-14(17)12-5-7-13(8-6-12)18-11-10-16(2)3/h5-8H,4,9-11H2,1-3H3,(H,15,17). The number of benzene rings is 1. The first-order valence-electron chi connectivity index (χ1n) is 6.29. The van der Waals surface area contributed by atoms with E-state index in [4.69, 9.17) is 4.74 Å². The minimum Gasteiger partial charge on any atom is -0.492 e. The summed E-state index contributed by atoms with van der Waals surface area (Å²) in [6, 6.07) is 7.24. The Balaban J connectivity index is 2.44. The first kappa shape index (κ1) is 14.5. The number of carbonyl (C=O) groups excluding carboxylic acids is 1. The van der Waals surface area contributed by atoms with Crippen LogP contribution in [0.1, 0.15) is 23.7 Å². The third kappa shape index (κ3) is 5.19. The molecule has 0 aliphatic rings. The van der Waals surface area contributed by atoms with Gasteiger partial charge in [0.15, 0.2) is 0 Å². The molecule has 1 amide bonds. The molecule has 0 aliphatic heterocycles. The van der Waals surface area contributed by atoms with E-state index in [-0.39, 0.29) is 5.91 Å². The molecule has 100 valence electrons. The first-order chi connectivity index (χ1) is 8.63. The monoisotopic (exact) mass is 250 g/mol. The van der Waals surface area contributed by atoms with Crippen molar-refractivity contribution < 1.29 is 9.53 Å². The molecule has 0 unspecified atom stereocenters. The zero-order chi connectivity index (χ0) is 13.4. The van der Waals surface area contributed by atoms with E-state index in [1.165, 1.54) is 0 Å². The van der Waals surface area contributed by atoms with E-state index in [0.29, 0.717) is 18.7 Å². The summed E-state index contributed by atoms with van der Waals surface area (Å²) in [6.07, 6.45) is 0.942. The van der Waals surface area contributed by atoms with Gasteiger partial charge in [0.25, 0.3) is 5.91 Å². The Kier molecular flexibility index (Phi) is 6.22. The normalized spacial score (nSPS) is 10.4. The number of hydrogen-bond donors (Lipinski definition) is 1. The van der Waals surface area contributed by atoms with Crippen molar-refractivity contribution in [2.75, 3.05) is 33.8 Å². The second kappa shape index (κ2) is 7.71. The van der Waals surface area contributed by atoms with Crippen LogP contribution >= 0.6 is 0 Å². The highest BCUT2D eigenvalue weighted by Gasteiger charge is 2.04. The van der Waals surface area contributed by atoms with Crippen LogP contribution in [-0.2, 0) is 0 Å². The quantitative estimate of drug-likeness (QED) is 0.802. The number of carbonyl (C=O) groups is 1. The van der Waals surface area contributed by atoms with Crippen LogP contribution in [0.4, 0.5) is 0 Å². The van der Waals surface area contributed by atoms with E-state index < -0.39 is 0 Å². The van der Waals surface area contributed by atoms with Crippen LogP contribution in [0.5, 0.6) is 5.75 Å². The number of nitrogens with zero attached hydrogens (tertiary/aromatic N) is 1. The molecule has 0 spiro atoms. The molecule has 0 fully saturated rings. The van der Waals surface area contributed by atoms with Crippen LogP contribution in [0.3, 0.4) is 0 Å². The van der Waals surface area contributed by atoms with Gasteiger partial charge in [0, 0.05) is 18.7 Å². The van der Waals surface area contributed by atoms with Crippen molar-refractivity contribution >= 4 is 5.91 Å². The summed E-state index contributed by atoms with van der Waals surface area (Å²) >= 11 is 0. The molecule has 0 bridgehead atoms. The van der Waals surface area contributed by atoms with E-state index in [9.17, 15) is 4.79 Å². The first-order valence-corrected chi connectivity index (χ1v) is 6.29. The highest BCUT2D eigenvalue weighted by Crippen LogP contribution is 2.12. The Hall–Kier alpha value is -1.55. The zero-order valence-electron chi connectivity index (χ0n) is 11.4. The summed E-state index contributed by atoms with van der Waals surface area (Å²) in [4.78, 5) is 13.7. The molecule has 0 heterocycles. The second-order valence-corrected chi connectivity index (χ2v) is 4.43. The summed E-state index contributed by atoms with van der Waals surface area (Å²) in [5.74, 6) is 0.764. The number of rotatable bonds is 7. The summed E-state index contributed by atoms with van der Waals surface area (Å²) in [6.45, 7) is 4.26. The molecule has 0 aromatic heterocycles. The van der Waals surface area contributed by atoms with Gasteiger partial charge in [-0.3, -0.25) is 4.79 Å². The lowest BCUT2D eigenvalue weighted by Gasteiger charge is -2.11. The van der Waals surface area contributed by atoms with Crippen molar-refractivity contribution in [2.24, 2.45) is 0 Å². The Morgan fingerprint density at radius 1 is 1.28 bits per heavy atom. The van der Waals surface area contributed by atoms with Gasteiger partial charge < -0.3 is 15.0 Å². The lowest BCUT2D eigenvalue weighted by Crippen LogP contribution is -2.23. The predicted octanol–water partition coefficient (Wildman–Crippen LogP) is 1.77. The van der Waals surface area contributed by atoms with Crippen molar-refractivity contribution in [3.63, 3.8) is 0 Å². The van der Waals surface area contributed by atoms with Gasteiger partial charge in [-0.05, 0) is 44.8 Å². The molecule has 0 atom stereocenters. The third-order valence-electron chi connectivity index (χ3n) is 2.46. The van der Waals surface area contributed by atoms with Crippen molar-refractivity contribution in [1.29, 1.82) is 0 Å². The minimum absolute atomic E-state index is 0.0308. The summed E-state index contributed by atoms with van der Waals surface area (Å²) in [7, 11) is 4.01. The van der Waals surface area contributed by atoms with E-state index in [1.54, 1.807) is 12.1 Å². The Bertz CT molecular complexity index is 361. The average molecular weight is 250 g/mol. The van der Waals surface area contributed by atoms with Gasteiger partial charge in [-0.15, -0.1) is 0 Å². The van der Waals surface area contributed by atoms with Crippen molar-refractivity contribution in [1.82, 2.24) is 10.2 Å². The molecule has 0 radical (unpaired) electrons. The molecule has 4 heteroatoms. The molecule has 18 heavy (non-hydrogen) atoms. The van der Waals surface area contributed by atoms with Crippen molar-refractivity contribution in [2.45, 2.75) is 13.3 Å². The summed E-state index contributed by atoms with van der Waals surface area (Å²) in [5, 5.41) is 2.84. The number of hydrogen-bond acceptors (Lipinski definition) is 3. The zero-order valence-corrected chi connectivity index (χ0v) is 11.4. The fourth-order valence-electron chi connectivity index (χ4n) is 1.39. The number of likely N-dealkylation sites (N-methyl/N-ethyl adjacent to an activating group) is 1. The SMILES string of the molecule is CCCNC(=O)c1ccc(OCCN(C)C)cc1. The fourth-order valence-corrected chi connectivity index (χ4v) is 1.39. The van der Waals surface area contributed by atoms with Crippen LogP contribution in [0.25, 0.3) is 0 Å². The molecule has 1 N–H and O–H groups in total. The highest BCUT2D eigenvalue weighted by atomic mass is 16.5. The Morgan fingerprint density at radius 3 is 2.50 bits per heavy atom. The lowest BCUT2D eigenvalue weighted by atomic mass is 10.2. The van der Waals surface area contributed by atoms with Gasteiger partial charge in [0.2, 0.25) is 0 Å². The number of nitrogens with one attached hydrogen (secondary N) is 1. The van der Waals surface area contributed by atoms with Gasteiger partial charge in [-0.2, -0.15) is 0 Å². The molecular weight excluding hydrogens is 228 g/mol. The lowest BCUT2D eigenvalue weighted by molar-refractivity contribution is 0.0953. The summed E-state index contributed by atoms with van der Waals surface area (Å²) < 4.78 is 5.56. The van der Waals surface area contributed by atoms with E-state index >= 15 is 0 Å². The summed E-state index contributed by atoms with van der Waals surface area (Å²) in [5.41, 5.74) is 0.670. The Labute approximate surface area is 109 Å². The van der Waals surface area contributed by atoms with Gasteiger partial charge in [0.05, 0.1) is 0 Å². The maximum atomic E-state index is 11.7. The number of ether oxygens (including phenoxy) is 1. The van der Waals surface area contributed by atoms with Crippen LogP contribution in [0, 0.1) is 0 Å². The van der Waals surface area contributed by atoms with E-state index in [2.05, 4.69) is 10.2 Å². The van der Waals surface area contributed by atoms with Crippen LogP contribution in [-0.4, -0.2) is 44.6 Å². The maximum Gasteiger partial charge on any atom is 0.251 e. The van der Waals surface area contributed by atoms with Crippen LogP contribution in [0.2, 0.25) is 0 Å². The maximum absolute atomic E-state index is 11.7. The third-order valence-corrected chi connectivity index (χ3v) is 2.46. The molecule has 0 saturated carbocycles. The van der Waals surface area contributed by atoms with Crippen molar-refractivity contribution in [3.8, 4) is 5.75 Å². The molecular formula is C14H22N2O2. The molecule has 1 aromatic rings. The van der Waals surface area contributed by atoms with Crippen LogP contribution < -0.4 is 10.1 Å².